The van der Waals surface area contributed by atoms with E-state index in [2.05, 4.69) is 22.9 Å². The zero-order chi connectivity index (χ0) is 33.9. The summed E-state index contributed by atoms with van der Waals surface area (Å²) in [4.78, 5) is 42.1. The Hall–Kier alpha value is -1.87. The van der Waals surface area contributed by atoms with Crippen LogP contribution in [-0.4, -0.2) is 129 Å². The fourth-order valence-electron chi connectivity index (χ4n) is 7.38. The largest absolute Gasteiger partial charge is 0.458 e. The fourth-order valence-corrected chi connectivity index (χ4v) is 7.38. The van der Waals surface area contributed by atoms with Crippen molar-refractivity contribution < 1.29 is 43.2 Å². The van der Waals surface area contributed by atoms with Crippen molar-refractivity contribution in [2.24, 2.45) is 17.8 Å². The van der Waals surface area contributed by atoms with E-state index in [1.165, 1.54) is 6.92 Å². The van der Waals surface area contributed by atoms with E-state index in [0.29, 0.717) is 32.4 Å². The van der Waals surface area contributed by atoms with Gasteiger partial charge in [-0.25, -0.2) is 4.79 Å². The summed E-state index contributed by atoms with van der Waals surface area (Å²) in [6.07, 6.45) is -3.06. The first-order valence-electron chi connectivity index (χ1n) is 16.3. The van der Waals surface area contributed by atoms with Crippen molar-refractivity contribution >= 4 is 17.8 Å². The second kappa shape index (κ2) is 15.4. The molecule has 3 heterocycles. The lowest BCUT2D eigenvalue weighted by molar-refractivity contribution is -0.296. The van der Waals surface area contributed by atoms with E-state index in [-0.39, 0.29) is 29.9 Å². The number of aliphatic hydroxyl groups is 1. The number of nitrogens with one attached hydrogen (secondary N) is 3. The Morgan fingerprint density at radius 3 is 2.38 bits per heavy atom. The second-order valence-electron chi connectivity index (χ2n) is 14.0. The van der Waals surface area contributed by atoms with Crippen LogP contribution in [0.25, 0.3) is 0 Å². The molecule has 0 saturated carbocycles. The molecular formula is C32H58N4O9. The third-order valence-electron chi connectivity index (χ3n) is 10.1. The molecule has 13 nitrogen and oxygen atoms in total. The summed E-state index contributed by atoms with van der Waals surface area (Å²) in [7, 11) is 7.22. The van der Waals surface area contributed by atoms with Gasteiger partial charge in [0.25, 0.3) is 0 Å². The molecule has 0 aliphatic carbocycles. The van der Waals surface area contributed by atoms with Crippen LogP contribution in [0.15, 0.2) is 0 Å². The number of aliphatic hydroxyl groups excluding tert-OH is 1. The molecule has 3 aliphatic rings. The van der Waals surface area contributed by atoms with Gasteiger partial charge in [-0.15, -0.1) is 0 Å². The Bertz CT molecular complexity index is 1030. The van der Waals surface area contributed by atoms with Gasteiger partial charge in [-0.3, -0.25) is 9.59 Å². The third kappa shape index (κ3) is 8.17. The maximum Gasteiger partial charge on any atom is 0.408 e. The molecule has 260 valence electrons. The molecular weight excluding hydrogens is 584 g/mol. The number of Topliss-reactive ketones (excluding diaryl/α,β-unsaturated/α-hetero) is 1. The summed E-state index contributed by atoms with van der Waals surface area (Å²) in [6, 6.07) is -0.967. The lowest BCUT2D eigenvalue weighted by Crippen LogP contribution is -2.60. The van der Waals surface area contributed by atoms with E-state index in [0.717, 1.165) is 0 Å². The van der Waals surface area contributed by atoms with Gasteiger partial charge in [0.05, 0.1) is 23.9 Å². The zero-order valence-electron chi connectivity index (χ0n) is 29.0. The number of hydrogen-bond acceptors (Lipinski definition) is 12. The molecule has 0 spiro atoms. The van der Waals surface area contributed by atoms with Gasteiger partial charge < -0.3 is 49.6 Å². The lowest BCUT2D eigenvalue weighted by atomic mass is 9.78. The summed E-state index contributed by atoms with van der Waals surface area (Å²) >= 11 is 0. The number of hydrogen-bond donors (Lipinski definition) is 4. The van der Waals surface area contributed by atoms with Gasteiger partial charge in [0.15, 0.2) is 17.7 Å². The van der Waals surface area contributed by atoms with E-state index < -0.39 is 65.7 Å². The lowest BCUT2D eigenvalue weighted by Gasteiger charge is -2.47. The number of likely N-dealkylation sites (N-methyl/N-ethyl adjacent to an activating group) is 2. The number of carbonyl (C=O) groups excluding carboxylic acids is 3. The Balaban J connectivity index is 2.03. The molecule has 0 radical (unpaired) electrons. The molecule has 0 aromatic heterocycles. The first-order chi connectivity index (χ1) is 21.0. The van der Waals surface area contributed by atoms with Crippen molar-refractivity contribution in [2.45, 2.75) is 128 Å². The maximum atomic E-state index is 14.1. The van der Waals surface area contributed by atoms with Crippen molar-refractivity contribution in [3.63, 3.8) is 0 Å². The molecule has 0 bridgehead atoms. The molecule has 45 heavy (non-hydrogen) atoms. The minimum Gasteiger partial charge on any atom is -0.458 e. The summed E-state index contributed by atoms with van der Waals surface area (Å²) < 4.78 is 30.8. The number of alkyl carbamates (subject to hydrolysis) is 1. The van der Waals surface area contributed by atoms with Crippen LogP contribution in [-0.2, 0) is 33.3 Å². The van der Waals surface area contributed by atoms with Gasteiger partial charge in [-0.1, -0.05) is 20.8 Å². The zero-order valence-corrected chi connectivity index (χ0v) is 29.0. The molecule has 0 aromatic rings. The minimum atomic E-state index is -1.15. The van der Waals surface area contributed by atoms with Crippen LogP contribution in [0.1, 0.15) is 67.7 Å². The maximum absolute atomic E-state index is 14.1. The molecule has 5 unspecified atom stereocenters. The van der Waals surface area contributed by atoms with Crippen LogP contribution < -0.4 is 16.0 Å². The number of esters is 1. The average Bonchev–Trinajstić information content (AvgIpc) is 3.31. The van der Waals surface area contributed by atoms with E-state index >= 15 is 0 Å². The molecule has 3 fully saturated rings. The van der Waals surface area contributed by atoms with Gasteiger partial charge in [0.1, 0.15) is 18.1 Å². The van der Waals surface area contributed by atoms with E-state index in [1.54, 1.807) is 21.0 Å². The standard InChI is InChI=1S/C32H58N4O9/c1-12-23-32(7)26(35-30(40)45-32)20(5)34-15-17(2)14-31(6,41-11)27(18(3)24(37)19(4)28(39)43-23)44-29-25(38)22(36(9)10)13-21(42-29)16-33-8/h17-23,25-27,29,33-34,38H,12-16H2,1-11H3,(H,35,40)/t17-,18+,19?,20-,21?,22?,23-,25?,26-,27-,29?,31-,32-/m1/s1. The van der Waals surface area contributed by atoms with Gasteiger partial charge in [0, 0.05) is 31.7 Å². The molecule has 13 atom stereocenters. The van der Waals surface area contributed by atoms with Crippen molar-refractivity contribution in [1.29, 1.82) is 0 Å². The smallest absolute Gasteiger partial charge is 0.408 e. The van der Waals surface area contributed by atoms with Gasteiger partial charge in [-0.05, 0) is 80.6 Å². The van der Waals surface area contributed by atoms with Gasteiger partial charge >= 0.3 is 12.1 Å². The SMILES string of the molecule is CC[C@H]1OC(=O)C(C)C(=O)[C@H](C)[C@@H](OC2OC(CNC)CC(N(C)C)C2O)[C@](C)(OC)C[C@@H](C)CN[C@H](C)[C@H]2NC(=O)O[C@@]21C. The number of cyclic esters (lactones) is 1. The fraction of sp³-hybridized carbons (Fsp3) is 0.906. The predicted molar refractivity (Wildman–Crippen MR) is 168 cm³/mol. The van der Waals surface area contributed by atoms with Crippen molar-refractivity contribution in [2.75, 3.05) is 41.3 Å². The Labute approximate surface area is 268 Å². The number of amides is 1. The van der Waals surface area contributed by atoms with Crippen LogP contribution >= 0.6 is 0 Å². The Kier molecular flexibility index (Phi) is 12.8. The summed E-state index contributed by atoms with van der Waals surface area (Å²) in [6.45, 7) is 13.9. The number of fused-ring (bicyclic) bond motifs is 1. The molecule has 3 aliphatic heterocycles. The average molecular weight is 643 g/mol. The number of ketones is 1. The second-order valence-corrected chi connectivity index (χ2v) is 14.0. The van der Waals surface area contributed by atoms with Crippen LogP contribution in [0.4, 0.5) is 4.79 Å². The molecule has 4 N–H and O–H groups in total. The first kappa shape index (κ1) is 37.6. The van der Waals surface area contributed by atoms with Crippen LogP contribution in [0.5, 0.6) is 0 Å². The summed E-state index contributed by atoms with van der Waals surface area (Å²) in [5, 5.41) is 21.0. The summed E-state index contributed by atoms with van der Waals surface area (Å²) in [5.74, 6) is -3.05. The summed E-state index contributed by atoms with van der Waals surface area (Å²) in [5.41, 5.74) is -2.17. The van der Waals surface area contributed by atoms with E-state index in [9.17, 15) is 19.5 Å². The highest BCUT2D eigenvalue weighted by atomic mass is 16.7. The highest BCUT2D eigenvalue weighted by Gasteiger charge is 2.55. The topological polar surface area (TPSA) is 157 Å². The highest BCUT2D eigenvalue weighted by molar-refractivity contribution is 6.00. The first-order valence-corrected chi connectivity index (χ1v) is 16.3. The van der Waals surface area contributed by atoms with Crippen molar-refractivity contribution in [3.8, 4) is 0 Å². The predicted octanol–water partition coefficient (Wildman–Crippen LogP) is 1.45. The van der Waals surface area contributed by atoms with Crippen molar-refractivity contribution in [3.05, 3.63) is 0 Å². The molecule has 3 saturated heterocycles. The third-order valence-corrected chi connectivity index (χ3v) is 10.1. The number of rotatable bonds is 7. The molecule has 13 heteroatoms. The van der Waals surface area contributed by atoms with Crippen LogP contribution in [0.3, 0.4) is 0 Å². The molecule has 0 aromatic carbocycles. The molecule has 3 rings (SSSR count). The van der Waals surface area contributed by atoms with E-state index in [1.807, 2.05) is 46.8 Å². The monoisotopic (exact) mass is 642 g/mol. The van der Waals surface area contributed by atoms with Gasteiger partial charge in [0.2, 0.25) is 0 Å². The van der Waals surface area contributed by atoms with Crippen LogP contribution in [0.2, 0.25) is 0 Å². The van der Waals surface area contributed by atoms with Gasteiger partial charge in [-0.2, -0.15) is 0 Å². The van der Waals surface area contributed by atoms with Crippen LogP contribution in [0, 0.1) is 17.8 Å². The normalized spacial score (nSPS) is 43.9. The highest BCUT2D eigenvalue weighted by Crippen LogP contribution is 2.37. The van der Waals surface area contributed by atoms with E-state index in [4.69, 9.17) is 23.7 Å². The molecule has 1 amide bonds. The minimum absolute atomic E-state index is 0.0289. The Morgan fingerprint density at radius 2 is 1.80 bits per heavy atom. The Morgan fingerprint density at radius 1 is 1.13 bits per heavy atom. The quantitative estimate of drug-likeness (QED) is 0.235. The number of nitrogens with zero attached hydrogens (tertiary/aromatic N) is 1. The number of methoxy groups -OCH3 is 1. The number of ether oxygens (including phenoxy) is 5. The van der Waals surface area contributed by atoms with Crippen molar-refractivity contribution in [1.82, 2.24) is 20.9 Å². The number of carbonyl (C=O) groups is 3.